The van der Waals surface area contributed by atoms with E-state index in [4.69, 9.17) is 4.42 Å². The van der Waals surface area contributed by atoms with Gasteiger partial charge in [0.25, 0.3) is 0 Å². The van der Waals surface area contributed by atoms with E-state index in [1.54, 1.807) is 6.26 Å². The normalized spacial score (nSPS) is 10.5. The van der Waals surface area contributed by atoms with Gasteiger partial charge in [0.2, 0.25) is 0 Å². The summed E-state index contributed by atoms with van der Waals surface area (Å²) in [6.45, 7) is 15.1. The Morgan fingerprint density at radius 3 is 1.83 bits per heavy atom. The van der Waals surface area contributed by atoms with Crippen molar-refractivity contribution in [1.29, 1.82) is 0 Å². The van der Waals surface area contributed by atoms with E-state index in [0.717, 1.165) is 36.4 Å². The quantitative estimate of drug-likeness (QED) is 0.452. The monoisotopic (exact) mass is 409 g/mol. The fraction of sp³-hybridized carbons (Fsp3) is 0.500. The van der Waals surface area contributed by atoms with E-state index in [1.807, 2.05) is 49.8 Å². The van der Waals surface area contributed by atoms with Crippen LogP contribution in [0.2, 0.25) is 0 Å². The fourth-order valence-electron chi connectivity index (χ4n) is 2.71. The number of aromatic nitrogens is 3. The van der Waals surface area contributed by atoms with Gasteiger partial charge >= 0.3 is 0 Å². The molecule has 0 spiro atoms. The van der Waals surface area contributed by atoms with Crippen molar-refractivity contribution in [2.45, 2.75) is 67.7 Å². The highest BCUT2D eigenvalue weighted by Gasteiger charge is 1.99. The van der Waals surface area contributed by atoms with Crippen molar-refractivity contribution in [3.63, 3.8) is 0 Å². The number of hydrogen-bond acceptors (Lipinski definition) is 4. The fourth-order valence-corrected chi connectivity index (χ4v) is 2.71. The Morgan fingerprint density at radius 2 is 1.37 bits per heavy atom. The molecule has 0 amide bonds. The minimum Gasteiger partial charge on any atom is -0.469 e. The molecule has 0 N–H and O–H groups in total. The van der Waals surface area contributed by atoms with Crippen LogP contribution in [0.25, 0.3) is 0 Å². The SMILES string of the molecule is CC(C)Cc1ccccn1.CC(C)Cc1ccco1.Cc1cnc(CC(C)C)cn1. The Hall–Kier alpha value is -2.49. The highest BCUT2D eigenvalue weighted by molar-refractivity contribution is 5.03. The average molecular weight is 410 g/mol. The smallest absolute Gasteiger partial charge is 0.104 e. The molecule has 0 aliphatic rings. The summed E-state index contributed by atoms with van der Waals surface area (Å²) >= 11 is 0. The molecular formula is C26H39N3O. The van der Waals surface area contributed by atoms with Gasteiger partial charge in [0, 0.05) is 30.7 Å². The molecule has 0 atom stereocenters. The minimum absolute atomic E-state index is 0.659. The summed E-state index contributed by atoms with van der Waals surface area (Å²) < 4.78 is 5.14. The maximum Gasteiger partial charge on any atom is 0.104 e. The Labute approximate surface area is 183 Å². The van der Waals surface area contributed by atoms with Crippen LogP contribution in [0.1, 0.15) is 64.4 Å². The summed E-state index contributed by atoms with van der Waals surface area (Å²) in [5, 5.41) is 0. The van der Waals surface area contributed by atoms with Gasteiger partial charge < -0.3 is 4.42 Å². The zero-order valence-corrected chi connectivity index (χ0v) is 19.8. The van der Waals surface area contributed by atoms with Crippen LogP contribution in [0, 0.1) is 24.7 Å². The van der Waals surface area contributed by atoms with E-state index >= 15 is 0 Å². The van der Waals surface area contributed by atoms with Gasteiger partial charge in [-0.1, -0.05) is 47.6 Å². The molecule has 3 heterocycles. The van der Waals surface area contributed by atoms with E-state index in [9.17, 15) is 0 Å². The van der Waals surface area contributed by atoms with E-state index in [2.05, 4.69) is 62.6 Å². The van der Waals surface area contributed by atoms with E-state index < -0.39 is 0 Å². The van der Waals surface area contributed by atoms with E-state index in [0.29, 0.717) is 17.8 Å². The van der Waals surface area contributed by atoms with Crippen LogP contribution >= 0.6 is 0 Å². The summed E-state index contributed by atoms with van der Waals surface area (Å²) in [7, 11) is 0. The van der Waals surface area contributed by atoms with E-state index in [-0.39, 0.29) is 0 Å². The van der Waals surface area contributed by atoms with Crippen LogP contribution in [0.5, 0.6) is 0 Å². The van der Waals surface area contributed by atoms with Crippen molar-refractivity contribution < 1.29 is 4.42 Å². The van der Waals surface area contributed by atoms with Gasteiger partial charge in [-0.3, -0.25) is 15.0 Å². The van der Waals surface area contributed by atoms with Crippen LogP contribution in [-0.4, -0.2) is 15.0 Å². The van der Waals surface area contributed by atoms with Gasteiger partial charge in [0.15, 0.2) is 0 Å². The Kier molecular flexibility index (Phi) is 12.3. The van der Waals surface area contributed by atoms with Crippen LogP contribution in [0.15, 0.2) is 59.6 Å². The topological polar surface area (TPSA) is 51.8 Å². The van der Waals surface area contributed by atoms with Crippen LogP contribution in [-0.2, 0) is 19.3 Å². The summed E-state index contributed by atoms with van der Waals surface area (Å²) in [6, 6.07) is 9.99. The van der Waals surface area contributed by atoms with Crippen molar-refractivity contribution in [3.05, 3.63) is 78.0 Å². The van der Waals surface area contributed by atoms with E-state index in [1.165, 1.54) is 5.69 Å². The predicted molar refractivity (Wildman–Crippen MR) is 125 cm³/mol. The molecule has 0 aromatic carbocycles. The third-order valence-corrected chi connectivity index (χ3v) is 3.98. The number of hydrogen-bond donors (Lipinski definition) is 0. The largest absolute Gasteiger partial charge is 0.469 e. The summed E-state index contributed by atoms with van der Waals surface area (Å²) in [6.07, 6.45) is 10.4. The van der Waals surface area contributed by atoms with Gasteiger partial charge in [-0.2, -0.15) is 0 Å². The Balaban J connectivity index is 0.000000226. The third kappa shape index (κ3) is 12.9. The lowest BCUT2D eigenvalue weighted by Gasteiger charge is -2.02. The molecule has 0 bridgehead atoms. The van der Waals surface area contributed by atoms with Gasteiger partial charge in [-0.25, -0.2) is 0 Å². The summed E-state index contributed by atoms with van der Waals surface area (Å²) in [5.74, 6) is 3.14. The second-order valence-electron chi connectivity index (χ2n) is 8.84. The standard InChI is InChI=1S/C9H14N2.C9H13N.C8H12O/c1-7(2)4-9-6-10-8(3)5-11-9;1-8(2)7-9-5-3-4-6-10-9;1-7(2)6-8-4-3-5-9-8/h5-7H,4H2,1-3H3;3-6,8H,7H2,1-2H3;3-5,7H,6H2,1-2H3. The first kappa shape index (κ1) is 25.5. The zero-order chi connectivity index (χ0) is 22.4. The number of pyridine rings is 1. The summed E-state index contributed by atoms with van der Waals surface area (Å²) in [5.41, 5.74) is 3.26. The molecule has 0 aliphatic carbocycles. The molecule has 3 rings (SSSR count). The zero-order valence-electron chi connectivity index (χ0n) is 19.8. The number of nitrogens with zero attached hydrogens (tertiary/aromatic N) is 3. The van der Waals surface area contributed by atoms with Gasteiger partial charge in [-0.15, -0.1) is 0 Å². The van der Waals surface area contributed by atoms with Crippen molar-refractivity contribution in [1.82, 2.24) is 15.0 Å². The number of furan rings is 1. The molecule has 0 fully saturated rings. The molecule has 3 aromatic heterocycles. The molecule has 0 saturated heterocycles. The van der Waals surface area contributed by atoms with Gasteiger partial charge in [0.1, 0.15) is 5.76 Å². The average Bonchev–Trinajstić information content (AvgIpc) is 3.17. The molecule has 0 aliphatic heterocycles. The second-order valence-corrected chi connectivity index (χ2v) is 8.84. The molecule has 0 unspecified atom stereocenters. The maximum atomic E-state index is 5.14. The molecule has 164 valence electrons. The molecule has 3 aromatic rings. The van der Waals surface area contributed by atoms with Crippen molar-refractivity contribution >= 4 is 0 Å². The highest BCUT2D eigenvalue weighted by Crippen LogP contribution is 2.07. The molecular weight excluding hydrogens is 370 g/mol. The van der Waals surface area contributed by atoms with Crippen molar-refractivity contribution in [3.8, 4) is 0 Å². The van der Waals surface area contributed by atoms with Crippen molar-refractivity contribution in [2.75, 3.05) is 0 Å². The second kappa shape index (κ2) is 14.5. The molecule has 4 nitrogen and oxygen atoms in total. The van der Waals surface area contributed by atoms with Gasteiger partial charge in [-0.05, 0) is 61.8 Å². The highest BCUT2D eigenvalue weighted by atomic mass is 16.3. The first-order chi connectivity index (χ1) is 14.3. The van der Waals surface area contributed by atoms with Crippen molar-refractivity contribution in [2.24, 2.45) is 17.8 Å². The first-order valence-electron chi connectivity index (χ1n) is 11.0. The lowest BCUT2D eigenvalue weighted by molar-refractivity contribution is 0.472. The molecule has 0 saturated carbocycles. The number of rotatable bonds is 6. The number of aryl methyl sites for hydroxylation is 1. The first-order valence-corrected chi connectivity index (χ1v) is 11.0. The molecule has 4 heteroatoms. The minimum atomic E-state index is 0.659. The Bertz CT molecular complexity index is 764. The predicted octanol–water partition coefficient (Wildman–Crippen LogP) is 6.74. The van der Waals surface area contributed by atoms with Crippen LogP contribution in [0.4, 0.5) is 0 Å². The maximum absolute atomic E-state index is 5.14. The lowest BCUT2D eigenvalue weighted by Crippen LogP contribution is -1.98. The lowest BCUT2D eigenvalue weighted by atomic mass is 10.1. The van der Waals surface area contributed by atoms with Crippen LogP contribution in [0.3, 0.4) is 0 Å². The third-order valence-electron chi connectivity index (χ3n) is 3.98. The Morgan fingerprint density at radius 1 is 0.700 bits per heavy atom. The molecule has 0 radical (unpaired) electrons. The van der Waals surface area contributed by atoms with Gasteiger partial charge in [0.05, 0.1) is 17.7 Å². The van der Waals surface area contributed by atoms with Crippen LogP contribution < -0.4 is 0 Å². The summed E-state index contributed by atoms with van der Waals surface area (Å²) in [4.78, 5) is 12.6. The molecule has 30 heavy (non-hydrogen) atoms.